The highest BCUT2D eigenvalue weighted by Gasteiger charge is 2.06. The first-order valence-corrected chi connectivity index (χ1v) is 8.93. The third-order valence-electron chi connectivity index (χ3n) is 4.08. The standard InChI is InChI=1S/C21H29N3O2.HI/c1-17(19-9-5-4-6-10-19)15-23-21(22-2)24-16-18-8-7-11-20(14-18)26-13-12-25-3;/h4-11,14,17H,12-13,15-16H2,1-3H3,(H2,22,23,24);1H. The van der Waals surface area contributed by atoms with Crippen LogP contribution in [0.25, 0.3) is 0 Å². The van der Waals surface area contributed by atoms with Gasteiger partial charge in [0.15, 0.2) is 5.96 Å². The molecule has 0 heterocycles. The summed E-state index contributed by atoms with van der Waals surface area (Å²) in [6, 6.07) is 18.5. The van der Waals surface area contributed by atoms with E-state index in [4.69, 9.17) is 9.47 Å². The number of nitrogens with one attached hydrogen (secondary N) is 2. The summed E-state index contributed by atoms with van der Waals surface area (Å²) in [7, 11) is 3.45. The monoisotopic (exact) mass is 483 g/mol. The molecule has 2 aromatic rings. The lowest BCUT2D eigenvalue weighted by Crippen LogP contribution is -2.38. The first-order chi connectivity index (χ1) is 12.7. The van der Waals surface area contributed by atoms with Gasteiger partial charge < -0.3 is 20.1 Å². The number of ether oxygens (including phenoxy) is 2. The molecule has 0 fully saturated rings. The van der Waals surface area contributed by atoms with Crippen molar-refractivity contribution in [3.05, 3.63) is 65.7 Å². The van der Waals surface area contributed by atoms with Crippen LogP contribution in [0.15, 0.2) is 59.6 Å². The average molecular weight is 483 g/mol. The van der Waals surface area contributed by atoms with Crippen LogP contribution in [0, 0.1) is 0 Å². The van der Waals surface area contributed by atoms with Crippen LogP contribution in [0.5, 0.6) is 5.75 Å². The Balaban J connectivity index is 0.00000364. The number of benzene rings is 2. The average Bonchev–Trinajstić information content (AvgIpc) is 2.69. The summed E-state index contributed by atoms with van der Waals surface area (Å²) >= 11 is 0. The zero-order valence-electron chi connectivity index (χ0n) is 16.3. The van der Waals surface area contributed by atoms with Crippen LogP contribution in [-0.4, -0.2) is 39.9 Å². The van der Waals surface area contributed by atoms with Gasteiger partial charge in [-0.2, -0.15) is 0 Å². The molecule has 5 nitrogen and oxygen atoms in total. The predicted molar refractivity (Wildman–Crippen MR) is 122 cm³/mol. The third-order valence-corrected chi connectivity index (χ3v) is 4.08. The van der Waals surface area contributed by atoms with E-state index < -0.39 is 0 Å². The van der Waals surface area contributed by atoms with Crippen molar-refractivity contribution in [2.24, 2.45) is 4.99 Å². The Morgan fingerprint density at radius 3 is 2.52 bits per heavy atom. The lowest BCUT2D eigenvalue weighted by atomic mass is 10.0. The van der Waals surface area contributed by atoms with Crippen molar-refractivity contribution in [1.29, 1.82) is 0 Å². The van der Waals surface area contributed by atoms with Gasteiger partial charge in [-0.3, -0.25) is 4.99 Å². The minimum Gasteiger partial charge on any atom is -0.491 e. The Kier molecular flexibility index (Phi) is 11.5. The molecule has 0 saturated carbocycles. The van der Waals surface area contributed by atoms with E-state index in [9.17, 15) is 0 Å². The zero-order valence-corrected chi connectivity index (χ0v) is 18.6. The van der Waals surface area contributed by atoms with Crippen LogP contribution < -0.4 is 15.4 Å². The topological polar surface area (TPSA) is 54.9 Å². The van der Waals surface area contributed by atoms with Crippen LogP contribution in [0.1, 0.15) is 24.0 Å². The summed E-state index contributed by atoms with van der Waals surface area (Å²) in [6.45, 7) is 4.84. The highest BCUT2D eigenvalue weighted by atomic mass is 127. The largest absolute Gasteiger partial charge is 0.491 e. The number of hydrogen-bond acceptors (Lipinski definition) is 3. The zero-order chi connectivity index (χ0) is 18.6. The van der Waals surface area contributed by atoms with Crippen LogP contribution in [-0.2, 0) is 11.3 Å². The van der Waals surface area contributed by atoms with Crippen LogP contribution >= 0.6 is 24.0 Å². The molecule has 0 aliphatic carbocycles. The summed E-state index contributed by atoms with van der Waals surface area (Å²) in [5.41, 5.74) is 2.45. The third kappa shape index (κ3) is 8.62. The minimum atomic E-state index is 0. The van der Waals surface area contributed by atoms with Crippen molar-refractivity contribution < 1.29 is 9.47 Å². The van der Waals surface area contributed by atoms with Crippen LogP contribution in [0.2, 0.25) is 0 Å². The molecule has 0 bridgehead atoms. The van der Waals surface area contributed by atoms with Gasteiger partial charge in [-0.05, 0) is 29.2 Å². The van der Waals surface area contributed by atoms with Crippen molar-refractivity contribution in [3.63, 3.8) is 0 Å². The molecule has 148 valence electrons. The van der Waals surface area contributed by atoms with Gasteiger partial charge >= 0.3 is 0 Å². The number of guanidine groups is 1. The lowest BCUT2D eigenvalue weighted by Gasteiger charge is -2.16. The fraction of sp³-hybridized carbons (Fsp3) is 0.381. The van der Waals surface area contributed by atoms with Gasteiger partial charge in [0.2, 0.25) is 0 Å². The van der Waals surface area contributed by atoms with Gasteiger partial charge in [0.25, 0.3) is 0 Å². The van der Waals surface area contributed by atoms with E-state index in [1.54, 1.807) is 14.2 Å². The summed E-state index contributed by atoms with van der Waals surface area (Å²) in [4.78, 5) is 4.30. The Morgan fingerprint density at radius 1 is 1.04 bits per heavy atom. The molecule has 6 heteroatoms. The fourth-order valence-electron chi connectivity index (χ4n) is 2.54. The van der Waals surface area contributed by atoms with Gasteiger partial charge in [0.05, 0.1) is 6.61 Å². The second kappa shape index (κ2) is 13.4. The molecule has 1 atom stereocenters. The molecule has 0 aliphatic heterocycles. The summed E-state index contributed by atoms with van der Waals surface area (Å²) in [5, 5.41) is 6.73. The normalized spacial score (nSPS) is 12.0. The maximum atomic E-state index is 5.65. The van der Waals surface area contributed by atoms with Gasteiger partial charge in [-0.25, -0.2) is 0 Å². The van der Waals surface area contributed by atoms with E-state index in [-0.39, 0.29) is 24.0 Å². The predicted octanol–water partition coefficient (Wildman–Crippen LogP) is 3.80. The SMILES string of the molecule is CN=C(NCc1cccc(OCCOC)c1)NCC(C)c1ccccc1.I. The Labute approximate surface area is 179 Å². The van der Waals surface area contributed by atoms with Crippen molar-refractivity contribution >= 4 is 29.9 Å². The smallest absolute Gasteiger partial charge is 0.191 e. The number of methoxy groups -OCH3 is 1. The fourth-order valence-corrected chi connectivity index (χ4v) is 2.54. The first-order valence-electron chi connectivity index (χ1n) is 8.93. The summed E-state index contributed by atoms with van der Waals surface area (Å²) in [6.07, 6.45) is 0. The summed E-state index contributed by atoms with van der Waals surface area (Å²) < 4.78 is 10.7. The molecule has 2 rings (SSSR count). The van der Waals surface area contributed by atoms with E-state index in [2.05, 4.69) is 52.9 Å². The molecule has 0 saturated heterocycles. The molecule has 1 unspecified atom stereocenters. The molecule has 27 heavy (non-hydrogen) atoms. The maximum Gasteiger partial charge on any atom is 0.191 e. The molecule has 2 N–H and O–H groups in total. The molecular weight excluding hydrogens is 453 g/mol. The van der Waals surface area contributed by atoms with Crippen molar-refractivity contribution in [2.75, 3.05) is 33.9 Å². The molecule has 2 aromatic carbocycles. The van der Waals surface area contributed by atoms with E-state index in [0.717, 1.165) is 23.8 Å². The second-order valence-electron chi connectivity index (χ2n) is 6.11. The molecular formula is C21H30IN3O2. The maximum absolute atomic E-state index is 5.65. The quantitative estimate of drug-likeness (QED) is 0.247. The number of halogens is 1. The van der Waals surface area contributed by atoms with Gasteiger partial charge in [0.1, 0.15) is 12.4 Å². The Hall–Kier alpha value is -1.80. The minimum absolute atomic E-state index is 0. The van der Waals surface area contributed by atoms with E-state index in [0.29, 0.717) is 25.7 Å². The van der Waals surface area contributed by atoms with Crippen LogP contribution in [0.4, 0.5) is 0 Å². The second-order valence-corrected chi connectivity index (χ2v) is 6.11. The number of rotatable bonds is 9. The molecule has 0 aromatic heterocycles. The molecule has 0 amide bonds. The van der Waals surface area contributed by atoms with E-state index in [1.165, 1.54) is 5.56 Å². The lowest BCUT2D eigenvalue weighted by molar-refractivity contribution is 0.146. The van der Waals surface area contributed by atoms with Crippen molar-refractivity contribution in [2.45, 2.75) is 19.4 Å². The number of nitrogens with zero attached hydrogens (tertiary/aromatic N) is 1. The molecule has 0 aliphatic rings. The summed E-state index contributed by atoms with van der Waals surface area (Å²) in [5.74, 6) is 2.05. The highest BCUT2D eigenvalue weighted by molar-refractivity contribution is 14.0. The van der Waals surface area contributed by atoms with Crippen LogP contribution in [0.3, 0.4) is 0 Å². The Bertz CT molecular complexity index is 680. The molecule has 0 radical (unpaired) electrons. The van der Waals surface area contributed by atoms with Gasteiger partial charge in [-0.15, -0.1) is 24.0 Å². The van der Waals surface area contributed by atoms with Gasteiger partial charge in [-0.1, -0.05) is 49.4 Å². The highest BCUT2D eigenvalue weighted by Crippen LogP contribution is 2.14. The van der Waals surface area contributed by atoms with Crippen molar-refractivity contribution in [3.8, 4) is 5.75 Å². The Morgan fingerprint density at radius 2 is 1.81 bits per heavy atom. The van der Waals surface area contributed by atoms with Crippen molar-refractivity contribution in [1.82, 2.24) is 10.6 Å². The molecule has 0 spiro atoms. The van der Waals surface area contributed by atoms with Gasteiger partial charge in [0, 0.05) is 27.2 Å². The van der Waals surface area contributed by atoms with E-state index >= 15 is 0 Å². The first kappa shape index (κ1) is 23.2. The number of hydrogen-bond donors (Lipinski definition) is 2. The van der Waals surface area contributed by atoms with E-state index in [1.807, 2.05) is 24.3 Å². The number of aliphatic imine (C=N–C) groups is 1.